The second-order valence-corrected chi connectivity index (χ2v) is 8.52. The van der Waals surface area contributed by atoms with Crippen LogP contribution in [0.2, 0.25) is 0 Å². The maximum Gasteiger partial charge on any atom is 0.276 e. The Kier molecular flexibility index (Phi) is 5.48. The maximum atomic E-state index is 12.5. The van der Waals surface area contributed by atoms with E-state index in [0.29, 0.717) is 17.9 Å². The van der Waals surface area contributed by atoms with Crippen LogP contribution in [0.3, 0.4) is 0 Å². The minimum absolute atomic E-state index is 0.0153. The predicted octanol–water partition coefficient (Wildman–Crippen LogP) is 2.09. The van der Waals surface area contributed by atoms with Gasteiger partial charge in [-0.15, -0.1) is 5.10 Å². The largest absolute Gasteiger partial charge is 0.454 e. The number of rotatable bonds is 5. The number of ether oxygens (including phenoxy) is 2. The normalized spacial score (nSPS) is 22.5. The van der Waals surface area contributed by atoms with E-state index >= 15 is 0 Å². The van der Waals surface area contributed by atoms with Gasteiger partial charge in [0, 0.05) is 19.1 Å². The molecule has 5 rings (SSSR count). The van der Waals surface area contributed by atoms with Crippen molar-refractivity contribution >= 4 is 11.8 Å². The molecule has 2 amide bonds. The summed E-state index contributed by atoms with van der Waals surface area (Å²) < 4.78 is 12.5. The van der Waals surface area contributed by atoms with Gasteiger partial charge in [-0.05, 0) is 56.2 Å². The first kappa shape index (κ1) is 19.8. The Bertz CT molecular complexity index is 961. The van der Waals surface area contributed by atoms with Crippen LogP contribution in [0.5, 0.6) is 11.5 Å². The molecule has 0 bridgehead atoms. The molecule has 2 aromatic rings. The number of hydrogen-bond donors (Lipinski definition) is 1. The summed E-state index contributed by atoms with van der Waals surface area (Å²) in [6, 6.07) is 5.98. The predicted molar refractivity (Wildman–Crippen MR) is 111 cm³/mol. The number of benzene rings is 1. The highest BCUT2D eigenvalue weighted by Gasteiger charge is 2.27. The van der Waals surface area contributed by atoms with Gasteiger partial charge in [-0.1, -0.05) is 11.3 Å². The van der Waals surface area contributed by atoms with Gasteiger partial charge in [-0.3, -0.25) is 9.59 Å². The molecule has 1 saturated heterocycles. The quantitative estimate of drug-likeness (QED) is 0.788. The van der Waals surface area contributed by atoms with Crippen molar-refractivity contribution in [2.24, 2.45) is 0 Å². The number of nitrogens with zero attached hydrogens (tertiary/aromatic N) is 4. The molecule has 164 valence electrons. The Hall–Kier alpha value is -3.10. The first-order chi connectivity index (χ1) is 15.2. The molecule has 2 aliphatic heterocycles. The minimum atomic E-state index is -0.0202. The lowest BCUT2D eigenvalue weighted by Gasteiger charge is -2.29. The van der Waals surface area contributed by atoms with Crippen LogP contribution in [0, 0.1) is 0 Å². The zero-order valence-corrected chi connectivity index (χ0v) is 17.5. The van der Waals surface area contributed by atoms with Gasteiger partial charge in [0.2, 0.25) is 12.7 Å². The molecule has 9 heteroatoms. The van der Waals surface area contributed by atoms with E-state index in [0.717, 1.165) is 62.9 Å². The van der Waals surface area contributed by atoms with Gasteiger partial charge in [0.25, 0.3) is 5.91 Å². The molecule has 2 fully saturated rings. The molecule has 3 aliphatic rings. The fraction of sp³-hybridized carbons (Fsp3) is 0.545. The molecule has 1 N–H and O–H groups in total. The van der Waals surface area contributed by atoms with Crippen molar-refractivity contribution in [3.05, 3.63) is 35.7 Å². The van der Waals surface area contributed by atoms with Crippen LogP contribution in [0.15, 0.2) is 24.4 Å². The van der Waals surface area contributed by atoms with E-state index in [1.54, 1.807) is 6.20 Å². The van der Waals surface area contributed by atoms with Crippen molar-refractivity contribution in [1.82, 2.24) is 25.2 Å². The van der Waals surface area contributed by atoms with Crippen LogP contribution in [0.4, 0.5) is 0 Å². The average Bonchev–Trinajstić information content (AvgIpc) is 3.55. The standard InChI is InChI=1S/C22H27N5O4/c28-21(12-15-3-8-19-20(11-15)31-14-30-19)23-16-4-6-17(7-5-16)27-13-18(24-25-27)22(29)26-9-1-2-10-26/h3,8,11,13,16-17H,1-2,4-7,9-10,12,14H2,(H,23,28)/t16-,17+. The number of nitrogens with one attached hydrogen (secondary N) is 1. The van der Waals surface area contributed by atoms with Crippen molar-refractivity contribution in [3.8, 4) is 11.5 Å². The van der Waals surface area contributed by atoms with E-state index < -0.39 is 0 Å². The van der Waals surface area contributed by atoms with E-state index in [4.69, 9.17) is 9.47 Å². The minimum Gasteiger partial charge on any atom is -0.454 e. The monoisotopic (exact) mass is 425 g/mol. The fourth-order valence-electron chi connectivity index (χ4n) is 4.64. The third-order valence-electron chi connectivity index (χ3n) is 6.36. The molecule has 1 aromatic carbocycles. The van der Waals surface area contributed by atoms with Crippen molar-refractivity contribution < 1.29 is 19.1 Å². The van der Waals surface area contributed by atoms with Crippen LogP contribution in [-0.4, -0.2) is 57.6 Å². The highest BCUT2D eigenvalue weighted by Crippen LogP contribution is 2.33. The van der Waals surface area contributed by atoms with Gasteiger partial charge in [-0.25, -0.2) is 4.68 Å². The van der Waals surface area contributed by atoms with E-state index in [2.05, 4.69) is 15.6 Å². The molecule has 0 unspecified atom stereocenters. The summed E-state index contributed by atoms with van der Waals surface area (Å²) in [5, 5.41) is 11.5. The molecule has 3 heterocycles. The summed E-state index contributed by atoms with van der Waals surface area (Å²) in [6.45, 7) is 1.85. The topological polar surface area (TPSA) is 98.6 Å². The highest BCUT2D eigenvalue weighted by molar-refractivity contribution is 5.92. The number of fused-ring (bicyclic) bond motifs is 1. The van der Waals surface area contributed by atoms with E-state index in [1.165, 1.54) is 0 Å². The lowest BCUT2D eigenvalue weighted by Crippen LogP contribution is -2.38. The van der Waals surface area contributed by atoms with Crippen LogP contribution < -0.4 is 14.8 Å². The van der Waals surface area contributed by atoms with Gasteiger partial charge in [-0.2, -0.15) is 0 Å². The van der Waals surface area contributed by atoms with Gasteiger partial charge in [0.1, 0.15) is 0 Å². The Balaban J connectivity index is 1.10. The Morgan fingerprint density at radius 3 is 2.65 bits per heavy atom. The zero-order chi connectivity index (χ0) is 21.2. The van der Waals surface area contributed by atoms with Crippen molar-refractivity contribution in [2.45, 2.75) is 57.0 Å². The van der Waals surface area contributed by atoms with Gasteiger partial charge < -0.3 is 19.7 Å². The lowest BCUT2D eigenvalue weighted by atomic mass is 9.91. The second-order valence-electron chi connectivity index (χ2n) is 8.52. The molecule has 0 radical (unpaired) electrons. The van der Waals surface area contributed by atoms with Crippen LogP contribution >= 0.6 is 0 Å². The average molecular weight is 425 g/mol. The number of amides is 2. The first-order valence-corrected chi connectivity index (χ1v) is 11.0. The molecule has 0 atom stereocenters. The molecule has 1 saturated carbocycles. The van der Waals surface area contributed by atoms with E-state index in [1.807, 2.05) is 27.8 Å². The third-order valence-corrected chi connectivity index (χ3v) is 6.36. The first-order valence-electron chi connectivity index (χ1n) is 11.0. The molecule has 1 aromatic heterocycles. The summed E-state index contributed by atoms with van der Waals surface area (Å²) in [4.78, 5) is 26.8. The summed E-state index contributed by atoms with van der Waals surface area (Å²) in [7, 11) is 0. The summed E-state index contributed by atoms with van der Waals surface area (Å²) >= 11 is 0. The molecule has 1 aliphatic carbocycles. The molecular formula is C22H27N5O4. The van der Waals surface area contributed by atoms with E-state index in [-0.39, 0.29) is 30.7 Å². The fourth-order valence-corrected chi connectivity index (χ4v) is 4.64. The third kappa shape index (κ3) is 4.35. The van der Waals surface area contributed by atoms with Crippen molar-refractivity contribution in [1.29, 1.82) is 0 Å². The highest BCUT2D eigenvalue weighted by atomic mass is 16.7. The zero-order valence-electron chi connectivity index (χ0n) is 17.5. The number of carbonyl (C=O) groups is 2. The Morgan fingerprint density at radius 1 is 1.06 bits per heavy atom. The lowest BCUT2D eigenvalue weighted by molar-refractivity contribution is -0.121. The smallest absolute Gasteiger partial charge is 0.276 e. The molecule has 0 spiro atoms. The summed E-state index contributed by atoms with van der Waals surface area (Å²) in [5.74, 6) is 1.41. The van der Waals surface area contributed by atoms with Crippen molar-refractivity contribution in [2.75, 3.05) is 19.9 Å². The van der Waals surface area contributed by atoms with Crippen LogP contribution in [0.25, 0.3) is 0 Å². The summed E-state index contributed by atoms with van der Waals surface area (Å²) in [6.07, 6.45) is 7.78. The van der Waals surface area contributed by atoms with Gasteiger partial charge in [0.15, 0.2) is 17.2 Å². The van der Waals surface area contributed by atoms with Crippen LogP contribution in [0.1, 0.15) is 60.6 Å². The van der Waals surface area contributed by atoms with Crippen molar-refractivity contribution in [3.63, 3.8) is 0 Å². The van der Waals surface area contributed by atoms with Gasteiger partial charge >= 0.3 is 0 Å². The van der Waals surface area contributed by atoms with E-state index in [9.17, 15) is 9.59 Å². The number of likely N-dealkylation sites (tertiary alicyclic amines) is 1. The Labute approximate surface area is 180 Å². The SMILES string of the molecule is O=C(Cc1ccc2c(c1)OCO2)N[C@H]1CC[C@@H](n2cc(C(=O)N3CCCC3)nn2)CC1. The Morgan fingerprint density at radius 2 is 1.84 bits per heavy atom. The number of aromatic nitrogens is 3. The second kappa shape index (κ2) is 8.56. The maximum absolute atomic E-state index is 12.5. The molecule has 31 heavy (non-hydrogen) atoms. The number of carbonyl (C=O) groups excluding carboxylic acids is 2. The van der Waals surface area contributed by atoms with Crippen LogP contribution in [-0.2, 0) is 11.2 Å². The number of hydrogen-bond acceptors (Lipinski definition) is 6. The molecule has 9 nitrogen and oxygen atoms in total. The summed E-state index contributed by atoms with van der Waals surface area (Å²) in [5.41, 5.74) is 1.34. The molecular weight excluding hydrogens is 398 g/mol. The van der Waals surface area contributed by atoms with Gasteiger partial charge in [0.05, 0.1) is 18.7 Å².